The number of aliphatic carboxylic acids is 1. The fraction of sp³-hybridized carbons (Fsp3) is 0.718. The van der Waals surface area contributed by atoms with Gasteiger partial charge in [-0.25, -0.2) is 4.79 Å². The van der Waals surface area contributed by atoms with Gasteiger partial charge in [0, 0.05) is 34.2 Å². The highest BCUT2D eigenvalue weighted by Crippen LogP contribution is 2.30. The minimum atomic E-state index is -1.19. The molecule has 1 aliphatic heterocycles. The van der Waals surface area contributed by atoms with Gasteiger partial charge in [0.1, 0.15) is 12.1 Å². The lowest BCUT2D eigenvalue weighted by molar-refractivity contribution is -0.148. The first-order valence-electron chi connectivity index (χ1n) is 18.5. The van der Waals surface area contributed by atoms with E-state index >= 15 is 0 Å². The monoisotopic (exact) mass is 733 g/mol. The zero-order chi connectivity index (χ0) is 39.9. The van der Waals surface area contributed by atoms with E-state index in [0.717, 1.165) is 0 Å². The molecule has 0 aromatic heterocycles. The fourth-order valence-corrected chi connectivity index (χ4v) is 7.16. The Balaban J connectivity index is 3.28. The summed E-state index contributed by atoms with van der Waals surface area (Å²) >= 11 is 0. The van der Waals surface area contributed by atoms with Gasteiger partial charge < -0.3 is 40.3 Å². The van der Waals surface area contributed by atoms with Gasteiger partial charge in [-0.15, -0.1) is 0 Å². The van der Waals surface area contributed by atoms with Crippen LogP contribution in [0.5, 0.6) is 0 Å². The highest BCUT2D eigenvalue weighted by molar-refractivity contribution is 5.90. The standard InChI is InChI=1S/C39H67N5O8/c1-14-18-27(16-3)21-28(39(49)50)41-36(46)26(9)35(52-13)29-19-17-20-44(29)31(45)22-30(51-12)34(25(8)15-2)43(11)38(48)33(24(6)7)42-37(47)32(40-10)23(4)5/h14,16,18,23-26,28-30,32-35,40H,1,3,15,17,19-22H2,2,4-13H3,(H,41,46)(H,42,47)(H,49,50)/b27-18+/t25?,26?,28?,29?,30?,32?,33-,34?,35?/m0/s1. The van der Waals surface area contributed by atoms with Gasteiger partial charge in [-0.05, 0) is 43.2 Å². The van der Waals surface area contributed by atoms with E-state index in [9.17, 15) is 29.1 Å². The van der Waals surface area contributed by atoms with Gasteiger partial charge in [-0.3, -0.25) is 19.2 Å². The molecule has 1 aliphatic rings. The molecule has 52 heavy (non-hydrogen) atoms. The summed E-state index contributed by atoms with van der Waals surface area (Å²) in [4.78, 5) is 70.2. The van der Waals surface area contributed by atoms with Crippen molar-refractivity contribution in [1.29, 1.82) is 0 Å². The van der Waals surface area contributed by atoms with Gasteiger partial charge in [0.05, 0.1) is 42.7 Å². The minimum absolute atomic E-state index is 0.0175. The number of allylic oxidation sites excluding steroid dienone is 3. The second-order valence-electron chi connectivity index (χ2n) is 14.6. The molecule has 8 unspecified atom stereocenters. The highest BCUT2D eigenvalue weighted by atomic mass is 16.5. The molecule has 1 saturated heterocycles. The van der Waals surface area contributed by atoms with E-state index in [1.807, 2.05) is 41.5 Å². The third kappa shape index (κ3) is 12.5. The van der Waals surface area contributed by atoms with E-state index in [-0.39, 0.29) is 48.3 Å². The Bertz CT molecular complexity index is 1250. The largest absolute Gasteiger partial charge is 0.480 e. The van der Waals surface area contributed by atoms with E-state index in [2.05, 4.69) is 29.1 Å². The van der Waals surface area contributed by atoms with Crippen LogP contribution >= 0.6 is 0 Å². The number of hydrogen-bond donors (Lipinski definition) is 4. The van der Waals surface area contributed by atoms with E-state index in [1.165, 1.54) is 26.4 Å². The van der Waals surface area contributed by atoms with Crippen LogP contribution in [0.4, 0.5) is 0 Å². The Morgan fingerprint density at radius 2 is 1.56 bits per heavy atom. The van der Waals surface area contributed by atoms with Crippen LogP contribution in [0.15, 0.2) is 37.0 Å². The van der Waals surface area contributed by atoms with Gasteiger partial charge in [0.15, 0.2) is 0 Å². The SMILES string of the molecule is C=C/C=C(\C=C)CC(NC(=O)C(C)C(OC)C1CCCN1C(=O)CC(OC)C(C(C)CC)N(C)C(=O)[C@@H](NC(=O)C(NC)C(C)C)C(C)C)C(=O)O. The van der Waals surface area contributed by atoms with Crippen LogP contribution in [0.1, 0.15) is 80.6 Å². The maximum Gasteiger partial charge on any atom is 0.326 e. The molecule has 0 spiro atoms. The van der Waals surface area contributed by atoms with Crippen LogP contribution in [-0.2, 0) is 33.4 Å². The molecule has 0 aliphatic carbocycles. The first kappa shape index (κ1) is 46.5. The number of methoxy groups -OCH3 is 2. The van der Waals surface area contributed by atoms with Gasteiger partial charge >= 0.3 is 5.97 Å². The number of rotatable bonds is 23. The quantitative estimate of drug-likeness (QED) is 0.115. The lowest BCUT2D eigenvalue weighted by atomic mass is 9.89. The molecular weight excluding hydrogens is 666 g/mol. The lowest BCUT2D eigenvalue weighted by Crippen LogP contribution is -2.59. The van der Waals surface area contributed by atoms with Crippen molar-refractivity contribution in [3.05, 3.63) is 37.0 Å². The number of carbonyl (C=O) groups excluding carboxylic acids is 4. The van der Waals surface area contributed by atoms with E-state index in [0.29, 0.717) is 31.4 Å². The van der Waals surface area contributed by atoms with Crippen LogP contribution in [0.3, 0.4) is 0 Å². The Morgan fingerprint density at radius 3 is 2.02 bits per heavy atom. The molecule has 1 heterocycles. The lowest BCUT2D eigenvalue weighted by Gasteiger charge is -2.41. The summed E-state index contributed by atoms with van der Waals surface area (Å²) in [6, 6.07) is -3.36. The van der Waals surface area contributed by atoms with Crippen LogP contribution in [0.25, 0.3) is 0 Å². The van der Waals surface area contributed by atoms with Crippen molar-refractivity contribution in [2.75, 3.05) is 34.9 Å². The molecule has 1 fully saturated rings. The van der Waals surface area contributed by atoms with Crippen molar-refractivity contribution in [2.24, 2.45) is 23.7 Å². The number of hydrogen-bond acceptors (Lipinski definition) is 8. The molecule has 1 rings (SSSR count). The molecule has 13 nitrogen and oxygen atoms in total. The Morgan fingerprint density at radius 1 is 0.942 bits per heavy atom. The zero-order valence-electron chi connectivity index (χ0n) is 33.4. The van der Waals surface area contributed by atoms with Gasteiger partial charge in [0.25, 0.3) is 0 Å². The number of likely N-dealkylation sites (tertiary alicyclic amines) is 1. The van der Waals surface area contributed by atoms with Gasteiger partial charge in [0.2, 0.25) is 23.6 Å². The second-order valence-corrected chi connectivity index (χ2v) is 14.6. The fourth-order valence-electron chi connectivity index (χ4n) is 7.16. The molecule has 0 aromatic carbocycles. The molecule has 4 N–H and O–H groups in total. The van der Waals surface area contributed by atoms with E-state index in [1.54, 1.807) is 36.9 Å². The molecule has 0 bridgehead atoms. The maximum absolute atomic E-state index is 14.1. The van der Waals surface area contributed by atoms with Gasteiger partial charge in [-0.2, -0.15) is 0 Å². The minimum Gasteiger partial charge on any atom is -0.480 e. The number of ether oxygens (including phenoxy) is 2. The maximum atomic E-state index is 14.1. The topological polar surface area (TPSA) is 167 Å². The average Bonchev–Trinajstić information content (AvgIpc) is 3.58. The number of amides is 4. The normalized spacial score (nSPS) is 19.5. The highest BCUT2D eigenvalue weighted by Gasteiger charge is 2.43. The summed E-state index contributed by atoms with van der Waals surface area (Å²) in [5, 5.41) is 18.5. The predicted molar refractivity (Wildman–Crippen MR) is 203 cm³/mol. The van der Waals surface area contributed by atoms with Crippen molar-refractivity contribution in [3.8, 4) is 0 Å². The van der Waals surface area contributed by atoms with Crippen molar-refractivity contribution in [1.82, 2.24) is 25.8 Å². The molecule has 0 saturated carbocycles. The third-order valence-corrected chi connectivity index (χ3v) is 10.4. The molecule has 13 heteroatoms. The molecule has 0 aromatic rings. The first-order chi connectivity index (χ1) is 24.4. The summed E-state index contributed by atoms with van der Waals surface area (Å²) in [5.41, 5.74) is 0.611. The molecule has 4 amide bonds. The van der Waals surface area contributed by atoms with Crippen LogP contribution in [-0.4, -0.2) is 122 Å². The number of likely N-dealkylation sites (N-methyl/N-ethyl adjacent to an activating group) is 2. The van der Waals surface area contributed by atoms with Crippen molar-refractivity contribution >= 4 is 29.6 Å². The van der Waals surface area contributed by atoms with E-state index in [4.69, 9.17) is 9.47 Å². The molecule has 0 radical (unpaired) electrons. The number of carboxylic acid groups (broad SMARTS) is 1. The van der Waals surface area contributed by atoms with Crippen LogP contribution in [0.2, 0.25) is 0 Å². The zero-order valence-corrected chi connectivity index (χ0v) is 33.4. The van der Waals surface area contributed by atoms with E-state index < -0.39 is 60.2 Å². The number of nitrogens with zero attached hydrogens (tertiary/aromatic N) is 2. The second kappa shape index (κ2) is 22.5. The van der Waals surface area contributed by atoms with Gasteiger partial charge in [-0.1, -0.05) is 86.3 Å². The number of nitrogens with one attached hydrogen (secondary N) is 3. The van der Waals surface area contributed by atoms with Crippen LogP contribution in [0, 0.1) is 23.7 Å². The van der Waals surface area contributed by atoms with Crippen molar-refractivity contribution in [2.45, 2.75) is 123 Å². The summed E-state index contributed by atoms with van der Waals surface area (Å²) < 4.78 is 11.8. The third-order valence-electron chi connectivity index (χ3n) is 10.4. The molecule has 9 atom stereocenters. The van der Waals surface area contributed by atoms with Crippen LogP contribution < -0.4 is 16.0 Å². The average molecular weight is 734 g/mol. The summed E-state index contributed by atoms with van der Waals surface area (Å²) in [6.07, 6.45) is 5.32. The summed E-state index contributed by atoms with van der Waals surface area (Å²) in [7, 11) is 6.42. The Labute approximate surface area is 312 Å². The number of carboxylic acids is 1. The Hall–Kier alpha value is -3.55. The smallest absolute Gasteiger partial charge is 0.326 e. The molecular formula is C39H67N5O8. The van der Waals surface area contributed by atoms with Crippen molar-refractivity contribution < 1.29 is 38.6 Å². The predicted octanol–water partition coefficient (Wildman–Crippen LogP) is 3.55. The molecule has 296 valence electrons. The summed E-state index contributed by atoms with van der Waals surface area (Å²) in [5.74, 6) is -3.42. The first-order valence-corrected chi connectivity index (χ1v) is 18.5. The number of carbonyl (C=O) groups is 5. The Kier molecular flexibility index (Phi) is 20.1. The summed E-state index contributed by atoms with van der Waals surface area (Å²) in [6.45, 7) is 21.1. The van der Waals surface area contributed by atoms with Crippen molar-refractivity contribution in [3.63, 3.8) is 0 Å².